The van der Waals surface area contributed by atoms with E-state index in [1.54, 1.807) is 0 Å². The summed E-state index contributed by atoms with van der Waals surface area (Å²) in [6.07, 6.45) is 7.73. The molecular weight excluding hydrogens is 294 g/mol. The molecule has 0 radical (unpaired) electrons. The fraction of sp³-hybridized carbons (Fsp3) is 0.684. The Morgan fingerprint density at radius 1 is 1.05 bits per heavy atom. The molecule has 1 saturated carbocycles. The lowest BCUT2D eigenvalue weighted by atomic mass is 9.77. The van der Waals surface area contributed by atoms with E-state index in [-0.39, 0.29) is 48.1 Å². The summed E-state index contributed by atoms with van der Waals surface area (Å²) in [7, 11) is 0. The summed E-state index contributed by atoms with van der Waals surface area (Å²) in [5.41, 5.74) is -1.26. The molecule has 22 heavy (non-hydrogen) atoms. The molecule has 0 bridgehead atoms. The zero-order valence-electron chi connectivity index (χ0n) is 18.2. The summed E-state index contributed by atoms with van der Waals surface area (Å²) in [6, 6.07) is -1.59. The zero-order chi connectivity index (χ0) is 18.9. The number of aliphatic hydroxyl groups is 1. The summed E-state index contributed by atoms with van der Waals surface area (Å²) >= 11 is 0. The van der Waals surface area contributed by atoms with Gasteiger partial charge in [-0.25, -0.2) is 0 Å². The molecule has 1 aromatic rings. The second-order valence-corrected chi connectivity index (χ2v) is 6.56. The van der Waals surface area contributed by atoms with Gasteiger partial charge in [-0.15, -0.1) is 12.4 Å². The Morgan fingerprint density at radius 2 is 1.68 bits per heavy atom. The number of rotatable bonds is 5. The molecule has 1 saturated heterocycles. The minimum Gasteiger partial charge on any atom is -0.385 e. The van der Waals surface area contributed by atoms with Crippen LogP contribution in [0.3, 0.4) is 0 Å². The Bertz CT molecular complexity index is 633. The third-order valence-corrected chi connectivity index (χ3v) is 5.22. The van der Waals surface area contributed by atoms with E-state index in [2.05, 4.69) is 4.90 Å². The van der Waals surface area contributed by atoms with Crippen molar-refractivity contribution in [1.29, 1.82) is 0 Å². The average Bonchev–Trinajstić information content (AvgIpc) is 3.19. The largest absolute Gasteiger partial charge is 0.385 e. The highest BCUT2D eigenvalue weighted by Crippen LogP contribution is 2.42. The lowest BCUT2D eigenvalue weighted by Gasteiger charge is -2.37. The molecule has 1 atom stereocenters. The number of hydrogen-bond acceptors (Lipinski definition) is 2. The van der Waals surface area contributed by atoms with Gasteiger partial charge in [0, 0.05) is 6.54 Å². The van der Waals surface area contributed by atoms with Crippen LogP contribution in [0.15, 0.2) is 30.2 Å². The third-order valence-electron chi connectivity index (χ3n) is 5.22. The fourth-order valence-corrected chi connectivity index (χ4v) is 3.91. The normalized spacial score (nSPS) is 26.1. The van der Waals surface area contributed by atoms with Crippen molar-refractivity contribution in [3.8, 4) is 0 Å². The Kier molecular flexibility index (Phi) is 4.50. The van der Waals surface area contributed by atoms with Crippen molar-refractivity contribution in [3.05, 3.63) is 35.8 Å². The van der Waals surface area contributed by atoms with Crippen LogP contribution >= 0.6 is 12.4 Å². The van der Waals surface area contributed by atoms with Gasteiger partial charge in [0.1, 0.15) is 0 Å². The van der Waals surface area contributed by atoms with Crippen molar-refractivity contribution < 1.29 is 12.0 Å². The molecule has 3 rings (SSSR count). The molecule has 2 fully saturated rings. The first-order chi connectivity index (χ1) is 12.4. The van der Waals surface area contributed by atoms with Crippen LogP contribution in [0.1, 0.15) is 63.8 Å². The van der Waals surface area contributed by atoms with Gasteiger partial charge in [0.25, 0.3) is 0 Å². The van der Waals surface area contributed by atoms with Gasteiger partial charge in [-0.05, 0) is 56.7 Å². The molecule has 1 N–H and O–H groups in total. The van der Waals surface area contributed by atoms with Gasteiger partial charge >= 0.3 is 0 Å². The summed E-state index contributed by atoms with van der Waals surface area (Å²) in [6.45, 7) is 2.73. The highest BCUT2D eigenvalue weighted by Gasteiger charge is 2.39. The third kappa shape index (κ3) is 4.04. The van der Waals surface area contributed by atoms with Crippen molar-refractivity contribution in [2.45, 2.75) is 57.0 Å². The predicted molar refractivity (Wildman–Crippen MR) is 94.5 cm³/mol. The van der Waals surface area contributed by atoms with E-state index in [1.807, 2.05) is 0 Å². The van der Waals surface area contributed by atoms with Crippen LogP contribution in [-0.4, -0.2) is 29.6 Å². The summed E-state index contributed by atoms with van der Waals surface area (Å²) in [5.74, 6) is -0.0455. The van der Waals surface area contributed by atoms with Crippen LogP contribution in [0.5, 0.6) is 0 Å². The molecule has 2 aliphatic rings. The molecular formula is C19H30ClNO. The maximum Gasteiger partial charge on any atom is 0.0936 e. The smallest absolute Gasteiger partial charge is 0.0936 e. The topological polar surface area (TPSA) is 23.5 Å². The molecule has 2 nitrogen and oxygen atoms in total. The van der Waals surface area contributed by atoms with Crippen LogP contribution in [0.2, 0.25) is 0 Å². The number of piperidine rings is 1. The van der Waals surface area contributed by atoms with E-state index in [1.165, 1.54) is 6.42 Å². The van der Waals surface area contributed by atoms with Gasteiger partial charge in [0.05, 0.1) is 12.5 Å². The van der Waals surface area contributed by atoms with Crippen LogP contribution in [0, 0.1) is 5.92 Å². The zero-order valence-corrected chi connectivity index (χ0v) is 14.0. The monoisotopic (exact) mass is 328 g/mol. The second kappa shape index (κ2) is 8.33. The number of halogens is 1. The molecule has 0 amide bonds. The van der Waals surface area contributed by atoms with E-state index >= 15 is 0 Å². The maximum absolute atomic E-state index is 11.7. The summed E-state index contributed by atoms with van der Waals surface area (Å²) in [4.78, 5) is 2.33. The Labute approximate surface area is 148 Å². The molecule has 1 unspecified atom stereocenters. The van der Waals surface area contributed by atoms with E-state index in [0.717, 1.165) is 51.6 Å². The van der Waals surface area contributed by atoms with E-state index < -0.39 is 11.6 Å². The van der Waals surface area contributed by atoms with E-state index in [4.69, 9.17) is 6.85 Å². The van der Waals surface area contributed by atoms with Crippen molar-refractivity contribution in [2.75, 3.05) is 19.6 Å². The van der Waals surface area contributed by atoms with Crippen molar-refractivity contribution in [1.82, 2.24) is 4.90 Å². The highest BCUT2D eigenvalue weighted by molar-refractivity contribution is 5.85. The molecule has 124 valence electrons. The number of benzene rings is 1. The maximum atomic E-state index is 11.7. The van der Waals surface area contributed by atoms with Gasteiger partial charge in [0.2, 0.25) is 0 Å². The van der Waals surface area contributed by atoms with Crippen LogP contribution < -0.4 is 0 Å². The molecule has 1 aliphatic heterocycles. The van der Waals surface area contributed by atoms with E-state index in [9.17, 15) is 5.11 Å². The first-order valence-corrected chi connectivity index (χ1v) is 8.38. The van der Waals surface area contributed by atoms with Gasteiger partial charge < -0.3 is 10.0 Å². The van der Waals surface area contributed by atoms with Crippen molar-refractivity contribution in [3.63, 3.8) is 0 Å². The molecule has 1 aromatic carbocycles. The molecule has 1 heterocycles. The van der Waals surface area contributed by atoms with Crippen LogP contribution in [-0.2, 0) is 5.60 Å². The Balaban J connectivity index is 0.00000261. The summed E-state index contributed by atoms with van der Waals surface area (Å²) in [5, 5.41) is 11.7. The molecule has 0 spiro atoms. The van der Waals surface area contributed by atoms with Gasteiger partial charge in [0.15, 0.2) is 0 Å². The Morgan fingerprint density at radius 3 is 2.32 bits per heavy atom. The average molecular weight is 329 g/mol. The number of nitrogens with zero attached hydrogens (tertiary/aromatic N) is 1. The summed E-state index contributed by atoms with van der Waals surface area (Å²) < 4.78 is 40.5. The molecule has 0 aromatic heterocycles. The molecule has 1 aliphatic carbocycles. The van der Waals surface area contributed by atoms with Gasteiger partial charge in [-0.3, -0.25) is 0 Å². The number of hydrogen-bond donors (Lipinski definition) is 1. The number of likely N-dealkylation sites (tertiary alicyclic amines) is 1. The van der Waals surface area contributed by atoms with Gasteiger partial charge in [-0.2, -0.15) is 0 Å². The lowest BCUT2D eigenvalue weighted by molar-refractivity contribution is -0.0378. The van der Waals surface area contributed by atoms with E-state index in [0.29, 0.717) is 13.0 Å². The van der Waals surface area contributed by atoms with Crippen LogP contribution in [0.4, 0.5) is 0 Å². The minimum absolute atomic E-state index is 0. The molecule has 3 heteroatoms. The van der Waals surface area contributed by atoms with Crippen LogP contribution in [0.25, 0.3) is 0 Å². The van der Waals surface area contributed by atoms with Crippen molar-refractivity contribution >= 4 is 12.4 Å². The first-order valence-electron chi connectivity index (χ1n) is 10.9. The quantitative estimate of drug-likeness (QED) is 0.868. The minimum atomic E-state index is -1.36. The lowest BCUT2D eigenvalue weighted by Crippen LogP contribution is -2.39. The standard InChI is InChI=1S/C19H29NO.ClH/c21-19(18-11-5-6-12-18,17-9-3-1-4-10-17)13-16-20-14-7-2-8-15-20;/h1,3-4,9-10,18,21H,2,5-8,11-16H2;1H/i1D,3D,4D,9D,10D;. The first kappa shape index (κ1) is 11.9. The SMILES string of the molecule is Cl.[2H]c1c([2H])c([2H])c(C(O)(CCN2CCCCC2)C2CCCC2)c([2H])c1[2H]. The predicted octanol–water partition coefficient (Wildman–Crippen LogP) is 4.36. The fourth-order valence-electron chi connectivity index (χ4n) is 3.91. The Hall–Kier alpha value is -0.570. The van der Waals surface area contributed by atoms with Gasteiger partial charge in [-0.1, -0.05) is 49.5 Å². The second-order valence-electron chi connectivity index (χ2n) is 6.56. The van der Waals surface area contributed by atoms with Crippen molar-refractivity contribution in [2.24, 2.45) is 5.92 Å². The highest BCUT2D eigenvalue weighted by atomic mass is 35.5.